The van der Waals surface area contributed by atoms with E-state index >= 15 is 0 Å². The van der Waals surface area contributed by atoms with Crippen molar-refractivity contribution in [2.45, 2.75) is 32.2 Å². The molecule has 1 aromatic rings. The highest BCUT2D eigenvalue weighted by molar-refractivity contribution is 5.89. The maximum absolute atomic E-state index is 10.5. The Morgan fingerprint density at radius 3 is 2.08 bits per heavy atom. The van der Waals surface area contributed by atoms with E-state index in [2.05, 4.69) is 0 Å². The van der Waals surface area contributed by atoms with Crippen molar-refractivity contribution in [3.05, 3.63) is 44.0 Å². The highest BCUT2D eigenvalue weighted by atomic mass is 16.7. The molecule has 11 heteroatoms. The average molecular weight is 358 g/mol. The molecule has 0 bridgehead atoms. The number of nitro groups is 2. The highest BCUT2D eigenvalue weighted by Gasteiger charge is 2.31. The summed E-state index contributed by atoms with van der Waals surface area (Å²) in [5.41, 5.74) is -1.74. The van der Waals surface area contributed by atoms with Crippen molar-refractivity contribution in [3.8, 4) is 0 Å². The summed E-state index contributed by atoms with van der Waals surface area (Å²) in [6, 6.07) is 2.22. The fraction of sp³-hybridized carbons (Fsp3) is 0.500. The van der Waals surface area contributed by atoms with Gasteiger partial charge in [-0.05, 0) is 20.3 Å². The first-order valence-electron chi connectivity index (χ1n) is 7.15. The van der Waals surface area contributed by atoms with Gasteiger partial charge in [0.2, 0.25) is 0 Å². The van der Waals surface area contributed by atoms with Gasteiger partial charge in [0, 0.05) is 18.7 Å². The Hall–Kier alpha value is -2.63. The van der Waals surface area contributed by atoms with Crippen LogP contribution < -0.4 is 0 Å². The number of carboxylic acids is 1. The number of non-ortho nitro benzene ring substituents is 2. The molecule has 25 heavy (non-hydrogen) atoms. The first kappa shape index (κ1) is 20.4. The van der Waals surface area contributed by atoms with Gasteiger partial charge in [0.1, 0.15) is 0 Å². The second-order valence-electron chi connectivity index (χ2n) is 5.52. The van der Waals surface area contributed by atoms with Crippen LogP contribution in [0.15, 0.2) is 18.2 Å². The molecule has 2 rings (SSSR count). The zero-order chi connectivity index (χ0) is 19.2. The third-order valence-corrected chi connectivity index (χ3v) is 3.09. The van der Waals surface area contributed by atoms with E-state index in [1.165, 1.54) is 0 Å². The molecule has 1 atom stereocenters. The molecule has 0 radical (unpaired) electrons. The van der Waals surface area contributed by atoms with Crippen LogP contribution in [0.3, 0.4) is 0 Å². The first-order chi connectivity index (χ1) is 11.6. The van der Waals surface area contributed by atoms with Gasteiger partial charge in [0.05, 0.1) is 34.2 Å². The van der Waals surface area contributed by atoms with Crippen molar-refractivity contribution in [1.82, 2.24) is 0 Å². The predicted octanol–water partition coefficient (Wildman–Crippen LogP) is 1.72. The molecule has 1 aromatic carbocycles. The smallest absolute Gasteiger partial charge is 0.336 e. The van der Waals surface area contributed by atoms with Gasteiger partial charge in [0.25, 0.3) is 11.4 Å². The van der Waals surface area contributed by atoms with Crippen LogP contribution in [0.25, 0.3) is 0 Å². The Morgan fingerprint density at radius 1 is 1.24 bits per heavy atom. The van der Waals surface area contributed by atoms with E-state index in [-0.39, 0.29) is 12.7 Å². The molecule has 1 aliphatic heterocycles. The van der Waals surface area contributed by atoms with E-state index in [9.17, 15) is 25.0 Å². The van der Waals surface area contributed by atoms with E-state index < -0.39 is 38.5 Å². The number of aliphatic hydroxyl groups excluding tert-OH is 1. The second kappa shape index (κ2) is 8.46. The van der Waals surface area contributed by atoms with Crippen molar-refractivity contribution >= 4 is 17.3 Å². The molecule has 138 valence electrons. The Kier molecular flexibility index (Phi) is 6.91. The first-order valence-corrected chi connectivity index (χ1v) is 7.15. The number of aliphatic hydroxyl groups is 1. The monoisotopic (exact) mass is 358 g/mol. The van der Waals surface area contributed by atoms with E-state index in [1.807, 2.05) is 13.8 Å². The maximum Gasteiger partial charge on any atom is 0.336 e. The summed E-state index contributed by atoms with van der Waals surface area (Å²) in [5, 5.41) is 37.8. The third kappa shape index (κ3) is 6.41. The number of nitrogens with zero attached hydrogens (tertiary/aromatic N) is 2. The molecule has 1 heterocycles. The van der Waals surface area contributed by atoms with Crippen LogP contribution in [0, 0.1) is 20.2 Å². The minimum absolute atomic E-state index is 0.0833. The summed E-state index contributed by atoms with van der Waals surface area (Å²) in [6.07, 6.45) is 0.753. The number of carboxylic acid groups (broad SMARTS) is 1. The van der Waals surface area contributed by atoms with Crippen molar-refractivity contribution in [3.63, 3.8) is 0 Å². The van der Waals surface area contributed by atoms with Gasteiger partial charge < -0.3 is 19.7 Å². The minimum atomic E-state index is -1.46. The van der Waals surface area contributed by atoms with Crippen molar-refractivity contribution in [2.75, 3.05) is 13.2 Å². The molecule has 0 spiro atoms. The average Bonchev–Trinajstić information content (AvgIpc) is 2.86. The van der Waals surface area contributed by atoms with Crippen LogP contribution in [0.2, 0.25) is 0 Å². The van der Waals surface area contributed by atoms with Gasteiger partial charge in [-0.3, -0.25) is 20.2 Å². The lowest BCUT2D eigenvalue weighted by atomic mass is 10.2. The zero-order valence-corrected chi connectivity index (χ0v) is 13.6. The maximum atomic E-state index is 10.5. The zero-order valence-electron chi connectivity index (χ0n) is 13.6. The van der Waals surface area contributed by atoms with Gasteiger partial charge in [-0.2, -0.15) is 0 Å². The molecular formula is C14H18N2O9. The molecule has 1 saturated heterocycles. The number of benzene rings is 1. The van der Waals surface area contributed by atoms with Gasteiger partial charge in [-0.25, -0.2) is 4.79 Å². The predicted molar refractivity (Wildman–Crippen MR) is 83.3 cm³/mol. The number of hydrogen-bond donors (Lipinski definition) is 2. The number of aromatic carboxylic acids is 1. The molecule has 0 aromatic heterocycles. The van der Waals surface area contributed by atoms with Crippen LogP contribution in [-0.2, 0) is 9.47 Å². The molecule has 0 saturated carbocycles. The fourth-order valence-corrected chi connectivity index (χ4v) is 1.98. The van der Waals surface area contributed by atoms with Crippen LogP contribution in [-0.4, -0.2) is 51.1 Å². The van der Waals surface area contributed by atoms with Crippen LogP contribution in [0.1, 0.15) is 30.6 Å². The number of nitro benzene ring substituents is 2. The van der Waals surface area contributed by atoms with Crippen LogP contribution >= 0.6 is 0 Å². The quantitative estimate of drug-likeness (QED) is 0.589. The second-order valence-corrected chi connectivity index (χ2v) is 5.52. The van der Waals surface area contributed by atoms with Crippen LogP contribution in [0.4, 0.5) is 11.4 Å². The standard InChI is InChI=1S/C7H4N2O6.C7H14O3/c10-7(11)4-1-5(8(12)13)3-6(2-4)9(14)15;1-7(2)9-5-6(10-7)3-4-8/h1-3H,(H,10,11);6,8H,3-5H2,1-2H3. The lowest BCUT2D eigenvalue weighted by molar-refractivity contribution is -0.394. The van der Waals surface area contributed by atoms with E-state index in [0.29, 0.717) is 19.1 Å². The number of hydrogen-bond acceptors (Lipinski definition) is 8. The number of rotatable bonds is 5. The van der Waals surface area contributed by atoms with Crippen molar-refractivity contribution in [2.24, 2.45) is 0 Å². The Labute approximate surface area is 142 Å². The van der Waals surface area contributed by atoms with Gasteiger partial charge in [-0.1, -0.05) is 0 Å². The fourth-order valence-electron chi connectivity index (χ4n) is 1.98. The summed E-state index contributed by atoms with van der Waals surface area (Å²) in [5.74, 6) is -1.90. The third-order valence-electron chi connectivity index (χ3n) is 3.09. The Bertz CT molecular complexity index is 581. The SMILES string of the molecule is CC1(C)OCC(CCO)O1.O=C(O)c1cc([N+](=O)[O-])cc([N+](=O)[O-])c1. The molecule has 1 fully saturated rings. The summed E-state index contributed by atoms with van der Waals surface area (Å²) >= 11 is 0. The molecule has 0 aliphatic carbocycles. The normalized spacial score (nSPS) is 18.1. The molecule has 2 N–H and O–H groups in total. The molecular weight excluding hydrogens is 340 g/mol. The van der Waals surface area contributed by atoms with E-state index in [4.69, 9.17) is 19.7 Å². The highest BCUT2D eigenvalue weighted by Crippen LogP contribution is 2.23. The lowest BCUT2D eigenvalue weighted by Gasteiger charge is -2.16. The summed E-state index contributed by atoms with van der Waals surface area (Å²) < 4.78 is 10.7. The molecule has 1 aliphatic rings. The van der Waals surface area contributed by atoms with E-state index in [0.717, 1.165) is 12.1 Å². The van der Waals surface area contributed by atoms with Crippen LogP contribution in [0.5, 0.6) is 0 Å². The van der Waals surface area contributed by atoms with Crippen molar-refractivity contribution < 1.29 is 34.3 Å². The molecule has 1 unspecified atom stereocenters. The largest absolute Gasteiger partial charge is 0.478 e. The van der Waals surface area contributed by atoms with Gasteiger partial charge >= 0.3 is 5.97 Å². The Balaban J connectivity index is 0.000000271. The van der Waals surface area contributed by atoms with Gasteiger partial charge in [-0.15, -0.1) is 0 Å². The summed E-state index contributed by atoms with van der Waals surface area (Å²) in [7, 11) is 0. The number of carbonyl (C=O) groups is 1. The van der Waals surface area contributed by atoms with Crippen molar-refractivity contribution in [1.29, 1.82) is 0 Å². The summed E-state index contributed by atoms with van der Waals surface area (Å²) in [4.78, 5) is 29.4. The topological polar surface area (TPSA) is 162 Å². The minimum Gasteiger partial charge on any atom is -0.478 e. The van der Waals surface area contributed by atoms with E-state index in [1.54, 1.807) is 0 Å². The number of ether oxygens (including phenoxy) is 2. The molecule has 0 amide bonds. The summed E-state index contributed by atoms with van der Waals surface area (Å²) in [6.45, 7) is 4.53. The Morgan fingerprint density at radius 2 is 1.76 bits per heavy atom. The molecule has 11 nitrogen and oxygen atoms in total. The lowest BCUT2D eigenvalue weighted by Crippen LogP contribution is -2.21. The van der Waals surface area contributed by atoms with Gasteiger partial charge in [0.15, 0.2) is 5.79 Å².